The quantitative estimate of drug-likeness (QED) is 0.661. The van der Waals surface area contributed by atoms with E-state index in [0.717, 1.165) is 24.8 Å². The second-order valence-electron chi connectivity index (χ2n) is 5.23. The summed E-state index contributed by atoms with van der Waals surface area (Å²) in [5.74, 6) is 0. The first-order chi connectivity index (χ1) is 9.68. The van der Waals surface area contributed by atoms with E-state index < -0.39 is 5.60 Å². The minimum Gasteiger partial charge on any atom is -0.388 e. The maximum absolute atomic E-state index is 11.5. The van der Waals surface area contributed by atoms with Gasteiger partial charge in [-0.25, -0.2) is 4.79 Å². The van der Waals surface area contributed by atoms with Crippen molar-refractivity contribution in [2.24, 2.45) is 0 Å². The van der Waals surface area contributed by atoms with Gasteiger partial charge >= 0.3 is 6.03 Å². The number of hydrogen-bond donors (Lipinski definition) is 3. The topological polar surface area (TPSA) is 70.6 Å². The van der Waals surface area contributed by atoms with Crippen molar-refractivity contribution in [1.82, 2.24) is 10.6 Å². The normalized spacial score (nSPS) is 16.2. The molecule has 110 valence electrons. The molecule has 2 rings (SSSR count). The zero-order valence-electron chi connectivity index (χ0n) is 11.6. The lowest BCUT2D eigenvalue weighted by Gasteiger charge is -2.36. The molecular weight excluding hydrogens is 256 g/mol. The minimum atomic E-state index is -0.679. The first kappa shape index (κ1) is 14.8. The van der Waals surface area contributed by atoms with E-state index in [1.807, 2.05) is 30.3 Å². The van der Waals surface area contributed by atoms with Gasteiger partial charge in [0, 0.05) is 13.1 Å². The second-order valence-corrected chi connectivity index (χ2v) is 5.23. The highest BCUT2D eigenvalue weighted by atomic mass is 16.5. The maximum Gasteiger partial charge on any atom is 0.314 e. The zero-order valence-corrected chi connectivity index (χ0v) is 11.6. The van der Waals surface area contributed by atoms with Gasteiger partial charge in [0.05, 0.1) is 18.8 Å². The summed E-state index contributed by atoms with van der Waals surface area (Å²) in [7, 11) is 0. The molecule has 1 aromatic carbocycles. The monoisotopic (exact) mass is 278 g/mol. The molecule has 2 amide bonds. The van der Waals surface area contributed by atoms with E-state index in [1.54, 1.807) is 0 Å². The van der Waals surface area contributed by atoms with E-state index in [-0.39, 0.29) is 6.03 Å². The number of nitrogens with one attached hydrogen (secondary N) is 2. The van der Waals surface area contributed by atoms with Crippen molar-refractivity contribution in [1.29, 1.82) is 0 Å². The summed E-state index contributed by atoms with van der Waals surface area (Å²) in [5.41, 5.74) is 0.436. The van der Waals surface area contributed by atoms with Crippen LogP contribution in [-0.4, -0.2) is 36.4 Å². The Morgan fingerprint density at radius 1 is 1.25 bits per heavy atom. The van der Waals surface area contributed by atoms with Gasteiger partial charge in [-0.2, -0.15) is 0 Å². The molecule has 3 N–H and O–H groups in total. The fourth-order valence-electron chi connectivity index (χ4n) is 2.07. The largest absolute Gasteiger partial charge is 0.388 e. The van der Waals surface area contributed by atoms with Crippen LogP contribution in [0.1, 0.15) is 24.8 Å². The van der Waals surface area contributed by atoms with Crippen molar-refractivity contribution in [3.05, 3.63) is 35.9 Å². The van der Waals surface area contributed by atoms with Crippen molar-refractivity contribution in [2.45, 2.75) is 31.5 Å². The standard InChI is InChI=1S/C15H22N2O3/c18-14(17-12-15(19)7-4-8-15)16-9-10-20-11-13-5-2-1-3-6-13/h1-3,5-6,19H,4,7-12H2,(H2,16,17,18). The van der Waals surface area contributed by atoms with Gasteiger partial charge in [-0.05, 0) is 24.8 Å². The Hall–Kier alpha value is -1.59. The van der Waals surface area contributed by atoms with E-state index in [2.05, 4.69) is 10.6 Å². The highest BCUT2D eigenvalue weighted by molar-refractivity contribution is 5.73. The summed E-state index contributed by atoms with van der Waals surface area (Å²) < 4.78 is 5.46. The average Bonchev–Trinajstić information content (AvgIpc) is 2.44. The Labute approximate surface area is 119 Å². The molecule has 0 bridgehead atoms. The summed E-state index contributed by atoms with van der Waals surface area (Å²) >= 11 is 0. The predicted molar refractivity (Wildman–Crippen MR) is 76.3 cm³/mol. The zero-order chi connectivity index (χ0) is 14.3. The molecule has 0 spiro atoms. The predicted octanol–water partition coefficient (Wildman–Crippen LogP) is 1.42. The smallest absolute Gasteiger partial charge is 0.314 e. The van der Waals surface area contributed by atoms with Crippen LogP contribution in [-0.2, 0) is 11.3 Å². The molecule has 1 aliphatic rings. The first-order valence-electron chi connectivity index (χ1n) is 7.04. The SMILES string of the molecule is O=C(NCCOCc1ccccc1)NCC1(O)CCC1. The van der Waals surface area contributed by atoms with Crippen LogP contribution in [0.4, 0.5) is 4.79 Å². The van der Waals surface area contributed by atoms with Crippen molar-refractivity contribution in [2.75, 3.05) is 19.7 Å². The Balaban J connectivity index is 1.49. The average molecular weight is 278 g/mol. The van der Waals surface area contributed by atoms with E-state index in [0.29, 0.717) is 26.3 Å². The maximum atomic E-state index is 11.5. The van der Waals surface area contributed by atoms with Crippen molar-refractivity contribution in [3.63, 3.8) is 0 Å². The highest BCUT2D eigenvalue weighted by Crippen LogP contribution is 2.30. The van der Waals surface area contributed by atoms with Crippen molar-refractivity contribution in [3.8, 4) is 0 Å². The number of aliphatic hydroxyl groups is 1. The van der Waals surface area contributed by atoms with Gasteiger partial charge in [-0.1, -0.05) is 30.3 Å². The van der Waals surface area contributed by atoms with Crippen LogP contribution in [0.2, 0.25) is 0 Å². The molecule has 20 heavy (non-hydrogen) atoms. The Bertz CT molecular complexity index is 418. The van der Waals surface area contributed by atoms with E-state index in [1.165, 1.54) is 0 Å². The van der Waals surface area contributed by atoms with Crippen LogP contribution in [0, 0.1) is 0 Å². The molecule has 0 unspecified atom stereocenters. The molecule has 1 aliphatic carbocycles. The molecule has 0 atom stereocenters. The third-order valence-corrected chi connectivity index (χ3v) is 3.51. The Morgan fingerprint density at radius 2 is 2.00 bits per heavy atom. The summed E-state index contributed by atoms with van der Waals surface area (Å²) in [6, 6.07) is 9.64. The summed E-state index contributed by atoms with van der Waals surface area (Å²) in [6.45, 7) is 1.79. The number of carbonyl (C=O) groups excluding carboxylic acids is 1. The summed E-state index contributed by atoms with van der Waals surface area (Å²) in [4.78, 5) is 11.5. The molecule has 0 heterocycles. The lowest BCUT2D eigenvalue weighted by molar-refractivity contribution is -0.0290. The van der Waals surface area contributed by atoms with E-state index in [4.69, 9.17) is 4.74 Å². The second kappa shape index (κ2) is 7.26. The fraction of sp³-hybridized carbons (Fsp3) is 0.533. The molecule has 0 aromatic heterocycles. The van der Waals surface area contributed by atoms with Gasteiger partial charge in [0.25, 0.3) is 0 Å². The summed E-state index contributed by atoms with van der Waals surface area (Å²) in [6.07, 6.45) is 2.58. The molecule has 0 radical (unpaired) electrons. The third kappa shape index (κ3) is 4.83. The fourth-order valence-corrected chi connectivity index (χ4v) is 2.07. The van der Waals surface area contributed by atoms with Gasteiger partial charge in [-0.3, -0.25) is 0 Å². The number of carbonyl (C=O) groups is 1. The highest BCUT2D eigenvalue weighted by Gasteiger charge is 2.34. The van der Waals surface area contributed by atoms with Gasteiger partial charge in [0.2, 0.25) is 0 Å². The lowest BCUT2D eigenvalue weighted by Crippen LogP contribution is -2.50. The Morgan fingerprint density at radius 3 is 2.65 bits per heavy atom. The number of amides is 2. The molecule has 0 saturated heterocycles. The van der Waals surface area contributed by atoms with Crippen LogP contribution in [0.3, 0.4) is 0 Å². The number of urea groups is 1. The molecular formula is C15H22N2O3. The molecule has 1 fully saturated rings. The molecule has 1 aromatic rings. The molecule has 5 heteroatoms. The Kier molecular flexibility index (Phi) is 5.38. The lowest BCUT2D eigenvalue weighted by atomic mass is 9.80. The van der Waals surface area contributed by atoms with Gasteiger partial charge in [-0.15, -0.1) is 0 Å². The van der Waals surface area contributed by atoms with Crippen molar-refractivity contribution >= 4 is 6.03 Å². The summed E-state index contributed by atoms with van der Waals surface area (Å²) in [5, 5.41) is 15.2. The van der Waals surface area contributed by atoms with Crippen LogP contribution < -0.4 is 10.6 Å². The van der Waals surface area contributed by atoms with Gasteiger partial charge < -0.3 is 20.5 Å². The number of benzene rings is 1. The number of rotatable bonds is 7. The van der Waals surface area contributed by atoms with Crippen molar-refractivity contribution < 1.29 is 14.6 Å². The molecule has 5 nitrogen and oxygen atoms in total. The molecule has 0 aliphatic heterocycles. The van der Waals surface area contributed by atoms with E-state index >= 15 is 0 Å². The van der Waals surface area contributed by atoms with Crippen LogP contribution in [0.15, 0.2) is 30.3 Å². The number of hydrogen-bond acceptors (Lipinski definition) is 3. The first-order valence-corrected chi connectivity index (χ1v) is 7.04. The van der Waals surface area contributed by atoms with Gasteiger partial charge in [0.15, 0.2) is 0 Å². The minimum absolute atomic E-state index is 0.256. The van der Waals surface area contributed by atoms with E-state index in [9.17, 15) is 9.90 Å². The van der Waals surface area contributed by atoms with Crippen LogP contribution in [0.5, 0.6) is 0 Å². The van der Waals surface area contributed by atoms with Crippen LogP contribution in [0.25, 0.3) is 0 Å². The van der Waals surface area contributed by atoms with Gasteiger partial charge in [0.1, 0.15) is 0 Å². The molecule has 1 saturated carbocycles. The van der Waals surface area contributed by atoms with Crippen LogP contribution >= 0.6 is 0 Å². The number of ether oxygens (including phenoxy) is 1. The third-order valence-electron chi connectivity index (χ3n) is 3.51.